The summed E-state index contributed by atoms with van der Waals surface area (Å²) in [4.78, 5) is 4.72. The van der Waals surface area contributed by atoms with E-state index in [0.29, 0.717) is 13.2 Å². The predicted octanol–water partition coefficient (Wildman–Crippen LogP) is 3.17. The zero-order valence-electron chi connectivity index (χ0n) is 16.1. The van der Waals surface area contributed by atoms with E-state index in [2.05, 4.69) is 67.0 Å². The molecule has 0 spiro atoms. The molecule has 1 saturated heterocycles. The van der Waals surface area contributed by atoms with Crippen LogP contribution in [-0.2, 0) is 0 Å². The van der Waals surface area contributed by atoms with Gasteiger partial charge in [-0.1, -0.05) is 30.3 Å². The van der Waals surface area contributed by atoms with Gasteiger partial charge in [0.1, 0.15) is 18.5 Å². The molecule has 1 aliphatic rings. The maximum atomic E-state index is 10.4. The molecule has 0 aromatic heterocycles. The number of aryl methyl sites for hydroxylation is 2. The van der Waals surface area contributed by atoms with E-state index in [1.54, 1.807) is 0 Å². The van der Waals surface area contributed by atoms with E-state index in [0.717, 1.165) is 43.1 Å². The third-order valence-electron chi connectivity index (χ3n) is 5.26. The van der Waals surface area contributed by atoms with Crippen LogP contribution in [0.25, 0.3) is 0 Å². The predicted molar refractivity (Wildman–Crippen MR) is 107 cm³/mol. The van der Waals surface area contributed by atoms with Gasteiger partial charge in [0.2, 0.25) is 0 Å². The normalized spacial score (nSPS) is 16.5. The molecule has 2 aromatic rings. The number of nitrogens with zero attached hydrogens (tertiary/aromatic N) is 2. The van der Waals surface area contributed by atoms with Gasteiger partial charge in [0.05, 0.1) is 0 Å². The molecule has 1 heterocycles. The Kier molecular flexibility index (Phi) is 6.17. The molecule has 4 nitrogen and oxygen atoms in total. The maximum Gasteiger partial charge on any atom is 0.125 e. The minimum absolute atomic E-state index is 0.337. The molecule has 0 amide bonds. The van der Waals surface area contributed by atoms with Crippen molar-refractivity contribution in [2.75, 3.05) is 44.2 Å². The molecule has 1 atom stereocenters. The molecule has 3 rings (SSSR count). The molecule has 140 valence electrons. The molecule has 2 aromatic carbocycles. The second kappa shape index (κ2) is 8.56. The highest BCUT2D eigenvalue weighted by atomic mass is 16.5. The van der Waals surface area contributed by atoms with Crippen LogP contribution in [0.1, 0.15) is 16.7 Å². The number of para-hydroxylation sites is 1. The summed E-state index contributed by atoms with van der Waals surface area (Å²) < 4.78 is 5.96. The van der Waals surface area contributed by atoms with Gasteiger partial charge in [-0.05, 0) is 49.6 Å². The monoisotopic (exact) mass is 354 g/mol. The highest BCUT2D eigenvalue weighted by Gasteiger charge is 2.20. The molecule has 0 aliphatic carbocycles. The number of anilines is 1. The van der Waals surface area contributed by atoms with Gasteiger partial charge in [0.15, 0.2) is 0 Å². The van der Waals surface area contributed by atoms with E-state index >= 15 is 0 Å². The Hall–Kier alpha value is -2.04. The number of benzene rings is 2. The quantitative estimate of drug-likeness (QED) is 0.864. The Bertz CT molecular complexity index is 710. The lowest BCUT2D eigenvalue weighted by Crippen LogP contribution is -2.49. The van der Waals surface area contributed by atoms with Crippen molar-refractivity contribution in [3.05, 3.63) is 59.2 Å². The lowest BCUT2D eigenvalue weighted by Gasteiger charge is -2.36. The number of β-amino-alcohol motifs (C(OH)–C–C–N with tert-alkyl or cyclic N) is 1. The SMILES string of the molecule is Cc1ccc(C)c(OC[C@H](O)CN2CCN(c3ccccc3)CC2)c1C. The fourth-order valence-electron chi connectivity index (χ4n) is 3.51. The van der Waals surface area contributed by atoms with Crippen molar-refractivity contribution >= 4 is 5.69 Å². The summed E-state index contributed by atoms with van der Waals surface area (Å²) in [5.41, 5.74) is 4.78. The summed E-state index contributed by atoms with van der Waals surface area (Å²) in [5.74, 6) is 0.915. The lowest BCUT2D eigenvalue weighted by atomic mass is 10.1. The zero-order valence-corrected chi connectivity index (χ0v) is 16.1. The highest BCUT2D eigenvalue weighted by molar-refractivity contribution is 5.46. The van der Waals surface area contributed by atoms with Gasteiger partial charge >= 0.3 is 0 Å². The number of aliphatic hydroxyl groups is 1. The molecule has 1 fully saturated rings. The maximum absolute atomic E-state index is 10.4. The third kappa shape index (κ3) is 4.57. The van der Waals surface area contributed by atoms with Gasteiger partial charge in [-0.3, -0.25) is 4.90 Å². The number of ether oxygens (including phenoxy) is 1. The Morgan fingerprint density at radius 1 is 0.923 bits per heavy atom. The first kappa shape index (κ1) is 18.7. The molecular weight excluding hydrogens is 324 g/mol. The minimum Gasteiger partial charge on any atom is -0.490 e. The van der Waals surface area contributed by atoms with Crippen LogP contribution in [0.15, 0.2) is 42.5 Å². The van der Waals surface area contributed by atoms with Crippen LogP contribution in [-0.4, -0.2) is 55.4 Å². The first-order chi connectivity index (χ1) is 12.5. The fourth-order valence-corrected chi connectivity index (χ4v) is 3.51. The van der Waals surface area contributed by atoms with Crippen molar-refractivity contribution in [3.63, 3.8) is 0 Å². The topological polar surface area (TPSA) is 35.9 Å². The Balaban J connectivity index is 1.46. The van der Waals surface area contributed by atoms with E-state index in [1.807, 2.05) is 6.07 Å². The van der Waals surface area contributed by atoms with Gasteiger partial charge in [-0.25, -0.2) is 0 Å². The third-order valence-corrected chi connectivity index (χ3v) is 5.26. The standard InChI is InChI=1S/C22H30N2O2/c1-17-9-10-18(2)22(19(17)3)26-16-21(25)15-23-11-13-24(14-12-23)20-7-5-4-6-8-20/h4-10,21,25H,11-16H2,1-3H3/t21-/m1/s1. The van der Waals surface area contributed by atoms with Crippen LogP contribution < -0.4 is 9.64 Å². The van der Waals surface area contributed by atoms with Crippen LogP contribution >= 0.6 is 0 Å². The highest BCUT2D eigenvalue weighted by Crippen LogP contribution is 2.25. The molecule has 0 unspecified atom stereocenters. The van der Waals surface area contributed by atoms with Crippen molar-refractivity contribution in [2.45, 2.75) is 26.9 Å². The molecular formula is C22H30N2O2. The van der Waals surface area contributed by atoms with Gasteiger partial charge in [0, 0.05) is 38.4 Å². The van der Waals surface area contributed by atoms with Crippen molar-refractivity contribution in [1.82, 2.24) is 4.90 Å². The molecule has 26 heavy (non-hydrogen) atoms. The van der Waals surface area contributed by atoms with Gasteiger partial charge in [0.25, 0.3) is 0 Å². The van der Waals surface area contributed by atoms with E-state index in [-0.39, 0.29) is 0 Å². The van der Waals surface area contributed by atoms with Gasteiger partial charge in [-0.15, -0.1) is 0 Å². The molecule has 0 radical (unpaired) electrons. The molecule has 1 aliphatic heterocycles. The summed E-state index contributed by atoms with van der Waals surface area (Å²) in [7, 11) is 0. The number of hydrogen-bond donors (Lipinski definition) is 1. The average Bonchev–Trinajstić information content (AvgIpc) is 2.66. The molecule has 1 N–H and O–H groups in total. The first-order valence-electron chi connectivity index (χ1n) is 9.44. The van der Waals surface area contributed by atoms with Crippen LogP contribution in [0.5, 0.6) is 5.75 Å². The minimum atomic E-state index is -0.474. The van der Waals surface area contributed by atoms with Crippen molar-refractivity contribution in [1.29, 1.82) is 0 Å². The van der Waals surface area contributed by atoms with Crippen molar-refractivity contribution < 1.29 is 9.84 Å². The van der Waals surface area contributed by atoms with Crippen molar-refractivity contribution in [3.8, 4) is 5.75 Å². The van der Waals surface area contributed by atoms with E-state index in [1.165, 1.54) is 11.3 Å². The summed E-state index contributed by atoms with van der Waals surface area (Å²) in [5, 5.41) is 10.4. The van der Waals surface area contributed by atoms with Gasteiger partial charge < -0.3 is 14.7 Å². The second-order valence-electron chi connectivity index (χ2n) is 7.24. The molecule has 0 bridgehead atoms. The van der Waals surface area contributed by atoms with Crippen LogP contribution in [0.4, 0.5) is 5.69 Å². The number of hydrogen-bond acceptors (Lipinski definition) is 4. The van der Waals surface area contributed by atoms with Crippen LogP contribution in [0.3, 0.4) is 0 Å². The van der Waals surface area contributed by atoms with Gasteiger partial charge in [-0.2, -0.15) is 0 Å². The molecule has 0 saturated carbocycles. The largest absolute Gasteiger partial charge is 0.490 e. The average molecular weight is 354 g/mol. The molecule has 4 heteroatoms. The van der Waals surface area contributed by atoms with E-state index in [9.17, 15) is 5.11 Å². The van der Waals surface area contributed by atoms with Crippen LogP contribution in [0.2, 0.25) is 0 Å². The Morgan fingerprint density at radius 3 is 2.27 bits per heavy atom. The van der Waals surface area contributed by atoms with Crippen LogP contribution in [0, 0.1) is 20.8 Å². The fraction of sp³-hybridized carbons (Fsp3) is 0.455. The van der Waals surface area contributed by atoms with E-state index in [4.69, 9.17) is 4.74 Å². The van der Waals surface area contributed by atoms with Crippen molar-refractivity contribution in [2.24, 2.45) is 0 Å². The number of piperazine rings is 1. The second-order valence-corrected chi connectivity index (χ2v) is 7.24. The Labute approximate surface area is 157 Å². The first-order valence-corrected chi connectivity index (χ1v) is 9.44. The lowest BCUT2D eigenvalue weighted by molar-refractivity contribution is 0.0658. The summed E-state index contributed by atoms with van der Waals surface area (Å²) in [6, 6.07) is 14.7. The number of aliphatic hydroxyl groups excluding tert-OH is 1. The summed E-state index contributed by atoms with van der Waals surface area (Å²) >= 11 is 0. The Morgan fingerprint density at radius 2 is 1.58 bits per heavy atom. The smallest absolute Gasteiger partial charge is 0.125 e. The zero-order chi connectivity index (χ0) is 18.5. The summed E-state index contributed by atoms with van der Waals surface area (Å²) in [6.07, 6.45) is -0.474. The summed E-state index contributed by atoms with van der Waals surface area (Å²) in [6.45, 7) is 11.1. The van der Waals surface area contributed by atoms with E-state index < -0.39 is 6.10 Å². The number of rotatable bonds is 6.